The van der Waals surface area contributed by atoms with E-state index < -0.39 is 0 Å². The predicted molar refractivity (Wildman–Crippen MR) is 225 cm³/mol. The minimum absolute atomic E-state index is 0.940. The van der Waals surface area contributed by atoms with Gasteiger partial charge >= 0.3 is 0 Å². The van der Waals surface area contributed by atoms with Gasteiger partial charge in [-0.1, -0.05) is 133 Å². The summed E-state index contributed by atoms with van der Waals surface area (Å²) in [5.41, 5.74) is 11.0. The summed E-state index contributed by atoms with van der Waals surface area (Å²) in [5.74, 6) is 0. The van der Waals surface area contributed by atoms with Crippen LogP contribution in [0.15, 0.2) is 164 Å². The molecule has 0 atom stereocenters. The van der Waals surface area contributed by atoms with Gasteiger partial charge in [-0.25, -0.2) is 0 Å². The van der Waals surface area contributed by atoms with Crippen molar-refractivity contribution < 1.29 is 0 Å². The van der Waals surface area contributed by atoms with Crippen LogP contribution in [0.5, 0.6) is 0 Å². The SMILES string of the molecule is CCn1c2ccccc2c2ccc(/C=C\c3ccc4c(c3)c3cc(/C=C/c5c6ccccc6cc6ccccc56)ccc3n4-c3ccccc3)cc21. The van der Waals surface area contributed by atoms with Gasteiger partial charge in [-0.2, -0.15) is 0 Å². The first-order valence-electron chi connectivity index (χ1n) is 18.1. The van der Waals surface area contributed by atoms with Crippen LogP contribution in [-0.4, -0.2) is 9.13 Å². The number of benzene rings is 8. The molecule has 0 saturated carbocycles. The summed E-state index contributed by atoms with van der Waals surface area (Å²) in [7, 11) is 0. The Balaban J connectivity index is 1.09. The van der Waals surface area contributed by atoms with Crippen molar-refractivity contribution in [1.29, 1.82) is 0 Å². The molecule has 0 aliphatic carbocycles. The van der Waals surface area contributed by atoms with Gasteiger partial charge in [0, 0.05) is 44.8 Å². The molecule has 2 heterocycles. The third-order valence-electron chi connectivity index (χ3n) is 10.7. The summed E-state index contributed by atoms with van der Waals surface area (Å²) in [6, 6.07) is 59.7. The van der Waals surface area contributed by atoms with E-state index in [1.807, 2.05) is 0 Å². The predicted octanol–water partition coefficient (Wildman–Crippen LogP) is 13.6. The number of hydrogen-bond donors (Lipinski definition) is 0. The molecule has 2 heteroatoms. The summed E-state index contributed by atoms with van der Waals surface area (Å²) < 4.78 is 4.81. The Morgan fingerprint density at radius 2 is 0.904 bits per heavy atom. The van der Waals surface area contributed by atoms with Crippen molar-refractivity contribution in [2.45, 2.75) is 13.5 Å². The van der Waals surface area contributed by atoms with Crippen molar-refractivity contribution in [3.05, 3.63) is 186 Å². The van der Waals surface area contributed by atoms with E-state index in [4.69, 9.17) is 0 Å². The molecule has 0 aliphatic rings. The number of nitrogens with zero attached hydrogens (tertiary/aromatic N) is 2. The Morgan fingerprint density at radius 3 is 1.56 bits per heavy atom. The maximum Gasteiger partial charge on any atom is 0.0541 e. The Morgan fingerprint density at radius 1 is 0.385 bits per heavy atom. The average Bonchev–Trinajstić information content (AvgIpc) is 3.70. The highest BCUT2D eigenvalue weighted by atomic mass is 15.0. The van der Waals surface area contributed by atoms with Gasteiger partial charge in [0.05, 0.1) is 11.0 Å². The number of fused-ring (bicyclic) bond motifs is 8. The zero-order valence-corrected chi connectivity index (χ0v) is 29.0. The van der Waals surface area contributed by atoms with E-state index >= 15 is 0 Å². The van der Waals surface area contributed by atoms with Crippen LogP contribution in [0.25, 0.3) is 95.1 Å². The molecule has 0 saturated heterocycles. The number of aryl methyl sites for hydroxylation is 1. The van der Waals surface area contributed by atoms with Gasteiger partial charge in [0.2, 0.25) is 0 Å². The first-order valence-corrected chi connectivity index (χ1v) is 18.1. The van der Waals surface area contributed by atoms with Crippen molar-refractivity contribution in [3.8, 4) is 5.69 Å². The lowest BCUT2D eigenvalue weighted by molar-refractivity contribution is 0.827. The summed E-state index contributed by atoms with van der Waals surface area (Å²) in [5, 5.41) is 10.2. The van der Waals surface area contributed by atoms with Gasteiger partial charge in [-0.05, 0) is 105 Å². The summed E-state index contributed by atoms with van der Waals surface area (Å²) in [4.78, 5) is 0. The number of para-hydroxylation sites is 2. The Bertz CT molecular complexity index is 2990. The molecule has 0 amide bonds. The second kappa shape index (κ2) is 12.3. The lowest BCUT2D eigenvalue weighted by Gasteiger charge is -2.09. The van der Waals surface area contributed by atoms with Crippen LogP contribution in [0, 0.1) is 0 Å². The molecule has 2 aromatic heterocycles. The third-order valence-corrected chi connectivity index (χ3v) is 10.7. The Labute approximate surface area is 302 Å². The standard InChI is InChI=1S/C50H36N2/c1-2-51-47-19-11-10-18-43(47)44-27-23-36(32-50(44)51)21-20-34-24-28-48-45(30-34)46-31-35(25-29-49(46)52(48)39-14-4-3-5-15-39)22-26-42-40-16-8-6-12-37(40)33-38-13-7-9-17-41(38)42/h3-33H,2H2,1H3/b21-20-,26-22+. The lowest BCUT2D eigenvalue weighted by Crippen LogP contribution is -1.93. The quantitative estimate of drug-likeness (QED) is 0.124. The van der Waals surface area contributed by atoms with Gasteiger partial charge in [-0.15, -0.1) is 0 Å². The number of aromatic nitrogens is 2. The molecular formula is C50H36N2. The highest BCUT2D eigenvalue weighted by Gasteiger charge is 2.14. The van der Waals surface area contributed by atoms with Crippen molar-refractivity contribution in [1.82, 2.24) is 9.13 Å². The van der Waals surface area contributed by atoms with Gasteiger partial charge in [0.15, 0.2) is 0 Å². The zero-order valence-electron chi connectivity index (χ0n) is 29.0. The molecule has 2 nitrogen and oxygen atoms in total. The molecule has 0 N–H and O–H groups in total. The second-order valence-electron chi connectivity index (χ2n) is 13.7. The maximum atomic E-state index is 2.42. The van der Waals surface area contributed by atoms with Crippen LogP contribution in [-0.2, 0) is 6.54 Å². The van der Waals surface area contributed by atoms with Crippen molar-refractivity contribution in [3.63, 3.8) is 0 Å². The van der Waals surface area contributed by atoms with Gasteiger partial charge in [0.1, 0.15) is 0 Å². The van der Waals surface area contributed by atoms with Gasteiger partial charge in [-0.3, -0.25) is 0 Å². The van der Waals surface area contributed by atoms with E-state index in [0.717, 1.165) is 12.2 Å². The smallest absolute Gasteiger partial charge is 0.0541 e. The van der Waals surface area contributed by atoms with Crippen molar-refractivity contribution in [2.24, 2.45) is 0 Å². The molecule has 0 aliphatic heterocycles. The first kappa shape index (κ1) is 30.2. The minimum atomic E-state index is 0.940. The highest BCUT2D eigenvalue weighted by Crippen LogP contribution is 2.36. The highest BCUT2D eigenvalue weighted by molar-refractivity contribution is 6.12. The van der Waals surface area contributed by atoms with E-state index in [1.54, 1.807) is 0 Å². The third kappa shape index (κ3) is 4.95. The summed E-state index contributed by atoms with van der Waals surface area (Å²) >= 11 is 0. The number of rotatable bonds is 6. The molecule has 52 heavy (non-hydrogen) atoms. The van der Waals surface area contributed by atoms with Gasteiger partial charge < -0.3 is 9.13 Å². The fourth-order valence-electron chi connectivity index (χ4n) is 8.23. The summed E-state index contributed by atoms with van der Waals surface area (Å²) in [6.45, 7) is 3.16. The lowest BCUT2D eigenvalue weighted by atomic mass is 9.96. The first-order chi connectivity index (χ1) is 25.7. The van der Waals surface area contributed by atoms with Crippen LogP contribution in [0.1, 0.15) is 29.2 Å². The molecule has 10 aromatic rings. The molecule has 0 bridgehead atoms. The van der Waals surface area contributed by atoms with Crippen LogP contribution in [0.4, 0.5) is 0 Å². The molecule has 246 valence electrons. The van der Waals surface area contributed by atoms with Crippen LogP contribution >= 0.6 is 0 Å². The Kier molecular flexibility index (Phi) is 7.14. The van der Waals surface area contributed by atoms with Crippen molar-refractivity contribution in [2.75, 3.05) is 0 Å². The van der Waals surface area contributed by atoms with E-state index in [2.05, 4.69) is 204 Å². The minimum Gasteiger partial charge on any atom is -0.341 e. The molecule has 8 aromatic carbocycles. The van der Waals surface area contributed by atoms with Crippen LogP contribution in [0.3, 0.4) is 0 Å². The molecule has 0 radical (unpaired) electrons. The molecule has 0 unspecified atom stereocenters. The maximum absolute atomic E-state index is 2.42. The van der Waals surface area contributed by atoms with E-state index in [0.29, 0.717) is 0 Å². The Hall–Kier alpha value is -6.64. The monoisotopic (exact) mass is 664 g/mol. The number of hydrogen-bond acceptors (Lipinski definition) is 0. The molecular weight excluding hydrogens is 629 g/mol. The van der Waals surface area contributed by atoms with Crippen LogP contribution in [0.2, 0.25) is 0 Å². The molecule has 0 spiro atoms. The van der Waals surface area contributed by atoms with Gasteiger partial charge in [0.25, 0.3) is 0 Å². The molecule has 0 fully saturated rings. The van der Waals surface area contributed by atoms with Crippen LogP contribution < -0.4 is 0 Å². The topological polar surface area (TPSA) is 9.86 Å². The van der Waals surface area contributed by atoms with E-state index in [-0.39, 0.29) is 0 Å². The van der Waals surface area contributed by atoms with E-state index in [1.165, 1.54) is 87.4 Å². The van der Waals surface area contributed by atoms with E-state index in [9.17, 15) is 0 Å². The normalized spacial score (nSPS) is 12.2. The summed E-state index contributed by atoms with van der Waals surface area (Å²) in [6.07, 6.45) is 9.07. The average molecular weight is 665 g/mol. The van der Waals surface area contributed by atoms with Crippen molar-refractivity contribution >= 4 is 89.5 Å². The molecule has 10 rings (SSSR count). The largest absolute Gasteiger partial charge is 0.341 e. The second-order valence-corrected chi connectivity index (χ2v) is 13.7. The fourth-order valence-corrected chi connectivity index (χ4v) is 8.23. The zero-order chi connectivity index (χ0) is 34.6. The fraction of sp³-hybridized carbons (Fsp3) is 0.0400.